The molecule has 1 heterocycles. The van der Waals surface area contributed by atoms with Crippen LogP contribution in [0.2, 0.25) is 0 Å². The highest BCUT2D eigenvalue weighted by molar-refractivity contribution is 6.43. The molecule has 5 heteroatoms. The Kier molecular flexibility index (Phi) is 2.36. The van der Waals surface area contributed by atoms with Crippen molar-refractivity contribution in [1.82, 2.24) is 0 Å². The zero-order chi connectivity index (χ0) is 11.7. The molecule has 0 aliphatic carbocycles. The molecular formula is C11H8O5. The predicted octanol–water partition coefficient (Wildman–Crippen LogP) is 0.787. The molecule has 1 aliphatic heterocycles. The maximum atomic E-state index is 11.3. The highest BCUT2D eigenvalue weighted by atomic mass is 16.5. The predicted molar refractivity (Wildman–Crippen MR) is 53.6 cm³/mol. The molecule has 1 aliphatic rings. The Hall–Kier alpha value is -2.30. The highest BCUT2D eigenvalue weighted by Gasteiger charge is 2.32. The molecule has 2 N–H and O–H groups in total. The van der Waals surface area contributed by atoms with E-state index >= 15 is 0 Å². The van der Waals surface area contributed by atoms with Gasteiger partial charge < -0.3 is 14.9 Å². The number of esters is 1. The number of hydrogen-bond donors (Lipinski definition) is 2. The quantitative estimate of drug-likeness (QED) is 0.316. The minimum atomic E-state index is -0.989. The molecule has 16 heavy (non-hydrogen) atoms. The van der Waals surface area contributed by atoms with Gasteiger partial charge in [-0.15, -0.1) is 0 Å². The Balaban J connectivity index is 2.50. The Morgan fingerprint density at radius 2 is 1.94 bits per heavy atom. The zero-order valence-corrected chi connectivity index (χ0v) is 8.14. The lowest BCUT2D eigenvalue weighted by Crippen LogP contribution is -2.08. The second-order valence-corrected chi connectivity index (χ2v) is 3.25. The number of hydrogen-bond acceptors (Lipinski definition) is 5. The Morgan fingerprint density at radius 1 is 1.25 bits per heavy atom. The van der Waals surface area contributed by atoms with E-state index in [-0.39, 0.29) is 23.5 Å². The van der Waals surface area contributed by atoms with Crippen molar-refractivity contribution in [3.8, 4) is 5.75 Å². The number of ketones is 1. The van der Waals surface area contributed by atoms with Crippen LogP contribution in [0.25, 0.3) is 5.76 Å². The molecule has 82 valence electrons. The summed E-state index contributed by atoms with van der Waals surface area (Å²) in [6, 6.07) is 5.98. The van der Waals surface area contributed by atoms with Crippen molar-refractivity contribution in [2.75, 3.05) is 6.61 Å². The molecule has 1 aromatic rings. The molecule has 0 spiro atoms. The molecule has 0 amide bonds. The lowest BCUT2D eigenvalue weighted by atomic mass is 10.1. The molecule has 0 saturated carbocycles. The van der Waals surface area contributed by atoms with Gasteiger partial charge >= 0.3 is 5.97 Å². The van der Waals surface area contributed by atoms with Crippen LogP contribution in [0.4, 0.5) is 0 Å². The second kappa shape index (κ2) is 3.69. The third-order valence-corrected chi connectivity index (χ3v) is 2.25. The third-order valence-electron chi connectivity index (χ3n) is 2.25. The zero-order valence-electron chi connectivity index (χ0n) is 8.14. The average Bonchev–Trinajstić information content (AvgIpc) is 2.60. The maximum absolute atomic E-state index is 11.3. The van der Waals surface area contributed by atoms with Gasteiger partial charge in [-0.05, 0) is 12.1 Å². The van der Waals surface area contributed by atoms with Crippen molar-refractivity contribution < 1.29 is 24.5 Å². The van der Waals surface area contributed by atoms with Gasteiger partial charge in [-0.2, -0.15) is 0 Å². The van der Waals surface area contributed by atoms with E-state index in [2.05, 4.69) is 4.74 Å². The van der Waals surface area contributed by atoms with Crippen LogP contribution in [0.5, 0.6) is 5.75 Å². The molecule has 1 fully saturated rings. The lowest BCUT2D eigenvalue weighted by Gasteiger charge is -2.04. The van der Waals surface area contributed by atoms with E-state index in [0.29, 0.717) is 0 Å². The standard InChI is InChI=1S/C11H8O5/c12-8-4-2-1-3-6(8)9(13)7-5-16-11(15)10(7)14/h1-4,12-13H,5H2. The van der Waals surface area contributed by atoms with Gasteiger partial charge in [0.2, 0.25) is 0 Å². The summed E-state index contributed by atoms with van der Waals surface area (Å²) >= 11 is 0. The SMILES string of the molecule is O=C1OCC(=C(O)c2ccccc2O)C1=O. The summed E-state index contributed by atoms with van der Waals surface area (Å²) in [5.74, 6) is -2.45. The number of aliphatic hydroxyl groups excluding tert-OH is 1. The van der Waals surface area contributed by atoms with Gasteiger partial charge in [0.25, 0.3) is 5.78 Å². The van der Waals surface area contributed by atoms with Gasteiger partial charge in [-0.25, -0.2) is 4.79 Å². The molecule has 0 atom stereocenters. The van der Waals surface area contributed by atoms with Crippen molar-refractivity contribution in [1.29, 1.82) is 0 Å². The smallest absolute Gasteiger partial charge is 0.379 e. The number of phenolic OH excluding ortho intramolecular Hbond substituents is 1. The lowest BCUT2D eigenvalue weighted by molar-refractivity contribution is -0.146. The minimum Gasteiger partial charge on any atom is -0.507 e. The normalized spacial score (nSPS) is 18.5. The summed E-state index contributed by atoms with van der Waals surface area (Å²) in [6.45, 7) is -0.266. The number of Topliss-reactive ketones (excluding diaryl/α,β-unsaturated/α-hetero) is 1. The Morgan fingerprint density at radius 3 is 2.50 bits per heavy atom. The highest BCUT2D eigenvalue weighted by Crippen LogP contribution is 2.27. The first-order chi connectivity index (χ1) is 7.61. The second-order valence-electron chi connectivity index (χ2n) is 3.25. The van der Waals surface area contributed by atoms with E-state index in [1.165, 1.54) is 12.1 Å². The molecule has 5 nitrogen and oxygen atoms in total. The largest absolute Gasteiger partial charge is 0.507 e. The Bertz CT molecular complexity index is 501. The summed E-state index contributed by atoms with van der Waals surface area (Å²) in [7, 11) is 0. The first kappa shape index (κ1) is 10.2. The van der Waals surface area contributed by atoms with Crippen LogP contribution >= 0.6 is 0 Å². The number of carbonyl (C=O) groups excluding carboxylic acids is 2. The summed E-state index contributed by atoms with van der Waals surface area (Å²) in [5.41, 5.74) is -0.0318. The van der Waals surface area contributed by atoms with Gasteiger partial charge in [-0.3, -0.25) is 4.79 Å². The van der Waals surface area contributed by atoms with E-state index in [0.717, 1.165) is 0 Å². The van der Waals surface area contributed by atoms with E-state index in [4.69, 9.17) is 0 Å². The fraction of sp³-hybridized carbons (Fsp3) is 0.0909. The van der Waals surface area contributed by atoms with Crippen LogP contribution < -0.4 is 0 Å². The molecule has 2 rings (SSSR count). The van der Waals surface area contributed by atoms with Crippen LogP contribution in [-0.4, -0.2) is 28.6 Å². The molecule has 0 aromatic heterocycles. The number of para-hydroxylation sites is 1. The first-order valence-electron chi connectivity index (χ1n) is 4.53. The molecule has 0 radical (unpaired) electrons. The van der Waals surface area contributed by atoms with Crippen molar-refractivity contribution in [3.63, 3.8) is 0 Å². The monoisotopic (exact) mass is 220 g/mol. The van der Waals surface area contributed by atoms with Crippen LogP contribution in [0.1, 0.15) is 5.56 Å². The summed E-state index contributed by atoms with van der Waals surface area (Å²) in [5, 5.41) is 19.2. The molecule has 1 aromatic carbocycles. The average molecular weight is 220 g/mol. The third kappa shape index (κ3) is 1.52. The first-order valence-corrected chi connectivity index (χ1v) is 4.53. The van der Waals surface area contributed by atoms with Gasteiger partial charge in [0.15, 0.2) is 0 Å². The fourth-order valence-electron chi connectivity index (χ4n) is 1.40. The van der Waals surface area contributed by atoms with Crippen LogP contribution in [0.15, 0.2) is 29.8 Å². The summed E-state index contributed by atoms with van der Waals surface area (Å²) in [4.78, 5) is 22.1. The number of benzene rings is 1. The van der Waals surface area contributed by atoms with E-state index in [1.54, 1.807) is 12.1 Å². The van der Waals surface area contributed by atoms with Gasteiger partial charge in [0, 0.05) is 0 Å². The topological polar surface area (TPSA) is 83.8 Å². The fourth-order valence-corrected chi connectivity index (χ4v) is 1.40. The number of phenols is 1. The van der Waals surface area contributed by atoms with Crippen LogP contribution in [0, 0.1) is 0 Å². The maximum Gasteiger partial charge on any atom is 0.379 e. The number of aliphatic hydroxyl groups is 1. The van der Waals surface area contributed by atoms with E-state index in [1.807, 2.05) is 0 Å². The molecular weight excluding hydrogens is 212 g/mol. The van der Waals surface area contributed by atoms with Crippen molar-refractivity contribution in [3.05, 3.63) is 35.4 Å². The van der Waals surface area contributed by atoms with Crippen LogP contribution in [0.3, 0.4) is 0 Å². The molecule has 1 saturated heterocycles. The number of ether oxygens (including phenoxy) is 1. The molecule has 0 bridgehead atoms. The van der Waals surface area contributed by atoms with Gasteiger partial charge in [0.1, 0.15) is 18.1 Å². The number of aromatic hydroxyl groups is 1. The summed E-state index contributed by atoms with van der Waals surface area (Å²) < 4.78 is 4.47. The van der Waals surface area contributed by atoms with Crippen molar-refractivity contribution in [2.24, 2.45) is 0 Å². The molecule has 0 unspecified atom stereocenters. The number of cyclic esters (lactones) is 1. The van der Waals surface area contributed by atoms with Crippen molar-refractivity contribution >= 4 is 17.5 Å². The van der Waals surface area contributed by atoms with E-state index < -0.39 is 17.5 Å². The summed E-state index contributed by atoms with van der Waals surface area (Å²) in [6.07, 6.45) is 0. The number of rotatable bonds is 1. The van der Waals surface area contributed by atoms with Gasteiger partial charge in [-0.1, -0.05) is 12.1 Å². The van der Waals surface area contributed by atoms with Crippen molar-refractivity contribution in [2.45, 2.75) is 0 Å². The minimum absolute atomic E-state index is 0.101. The number of carbonyl (C=O) groups is 2. The van der Waals surface area contributed by atoms with Crippen LogP contribution in [-0.2, 0) is 14.3 Å². The Labute approximate surface area is 90.6 Å². The van der Waals surface area contributed by atoms with E-state index in [9.17, 15) is 19.8 Å². The van der Waals surface area contributed by atoms with Gasteiger partial charge in [0.05, 0.1) is 11.1 Å².